The van der Waals surface area contributed by atoms with Gasteiger partial charge in [-0.15, -0.1) is 11.3 Å². The fourth-order valence-electron chi connectivity index (χ4n) is 1.89. The normalized spacial score (nSPS) is 20.3. The number of hydrogen-bond acceptors (Lipinski definition) is 3. The lowest BCUT2D eigenvalue weighted by atomic mass is 10.1. The second-order valence-corrected chi connectivity index (χ2v) is 4.45. The molecule has 2 rings (SSSR count). The molecule has 3 N–H and O–H groups in total. The molecule has 1 atom stereocenters. The maximum absolute atomic E-state index is 10.8. The Balaban J connectivity index is 2.56. The zero-order valence-electron chi connectivity index (χ0n) is 7.33. The van der Waals surface area contributed by atoms with Crippen LogP contribution in [-0.4, -0.2) is 11.1 Å². The van der Waals surface area contributed by atoms with Gasteiger partial charge in [-0.1, -0.05) is 0 Å². The predicted molar refractivity (Wildman–Crippen MR) is 51.3 cm³/mol. The Morgan fingerprint density at radius 1 is 1.69 bits per heavy atom. The molecule has 0 spiro atoms. The van der Waals surface area contributed by atoms with E-state index in [1.807, 2.05) is 6.92 Å². The molecule has 0 saturated heterocycles. The quantitative estimate of drug-likeness (QED) is 0.720. The third kappa shape index (κ3) is 1.17. The number of aryl methyl sites for hydroxylation is 1. The third-order valence-electron chi connectivity index (χ3n) is 2.52. The summed E-state index contributed by atoms with van der Waals surface area (Å²) < 4.78 is 0. The van der Waals surface area contributed by atoms with E-state index in [0.29, 0.717) is 4.88 Å². The molecule has 0 aliphatic heterocycles. The molecule has 70 valence electrons. The monoisotopic (exact) mass is 197 g/mol. The Bertz CT molecular complexity index is 370. The van der Waals surface area contributed by atoms with Gasteiger partial charge in [0.15, 0.2) is 0 Å². The molecule has 0 aromatic carbocycles. The number of thiophene rings is 1. The Hall–Kier alpha value is -0.870. The molecule has 1 aromatic rings. The summed E-state index contributed by atoms with van der Waals surface area (Å²) in [6, 6.07) is 0.0550. The molecule has 0 fully saturated rings. The highest BCUT2D eigenvalue weighted by atomic mass is 32.1. The molecule has 1 aliphatic carbocycles. The molecule has 0 radical (unpaired) electrons. The van der Waals surface area contributed by atoms with Gasteiger partial charge >= 0.3 is 5.97 Å². The first-order valence-corrected chi connectivity index (χ1v) is 5.04. The van der Waals surface area contributed by atoms with Crippen molar-refractivity contribution in [3.63, 3.8) is 0 Å². The van der Waals surface area contributed by atoms with Crippen LogP contribution in [-0.2, 0) is 6.42 Å². The van der Waals surface area contributed by atoms with Gasteiger partial charge in [-0.2, -0.15) is 0 Å². The van der Waals surface area contributed by atoms with Crippen LogP contribution in [0.25, 0.3) is 0 Å². The lowest BCUT2D eigenvalue weighted by molar-refractivity contribution is 0.0701. The van der Waals surface area contributed by atoms with Crippen LogP contribution >= 0.6 is 11.3 Å². The minimum absolute atomic E-state index is 0.0550. The van der Waals surface area contributed by atoms with Crippen molar-refractivity contribution < 1.29 is 9.90 Å². The number of hydrogen-bond donors (Lipinski definition) is 2. The van der Waals surface area contributed by atoms with Crippen LogP contribution in [0.3, 0.4) is 0 Å². The molecule has 1 aliphatic rings. The molecule has 0 amide bonds. The summed E-state index contributed by atoms with van der Waals surface area (Å²) in [5.74, 6) is -0.830. The molecule has 13 heavy (non-hydrogen) atoms. The van der Waals surface area contributed by atoms with Crippen LogP contribution < -0.4 is 5.73 Å². The van der Waals surface area contributed by atoms with Crippen molar-refractivity contribution in [2.24, 2.45) is 5.73 Å². The first kappa shape index (κ1) is 8.72. The maximum atomic E-state index is 10.8. The second kappa shape index (κ2) is 2.82. The summed E-state index contributed by atoms with van der Waals surface area (Å²) in [5, 5.41) is 8.88. The summed E-state index contributed by atoms with van der Waals surface area (Å²) in [6.07, 6.45) is 1.90. The van der Waals surface area contributed by atoms with Gasteiger partial charge in [-0.25, -0.2) is 4.79 Å². The summed E-state index contributed by atoms with van der Waals surface area (Å²) in [4.78, 5) is 12.4. The van der Waals surface area contributed by atoms with E-state index in [1.165, 1.54) is 16.2 Å². The van der Waals surface area contributed by atoms with Crippen LogP contribution in [0.1, 0.15) is 38.1 Å². The Morgan fingerprint density at radius 2 is 2.38 bits per heavy atom. The van der Waals surface area contributed by atoms with E-state index in [4.69, 9.17) is 10.8 Å². The molecular weight excluding hydrogens is 186 g/mol. The molecule has 4 heteroatoms. The van der Waals surface area contributed by atoms with Crippen molar-refractivity contribution in [1.29, 1.82) is 0 Å². The minimum atomic E-state index is -0.830. The van der Waals surface area contributed by atoms with Crippen molar-refractivity contribution >= 4 is 17.3 Å². The number of rotatable bonds is 1. The largest absolute Gasteiger partial charge is 0.477 e. The van der Waals surface area contributed by atoms with Crippen molar-refractivity contribution in [2.45, 2.75) is 25.8 Å². The summed E-state index contributed by atoms with van der Waals surface area (Å²) >= 11 is 1.38. The molecule has 0 bridgehead atoms. The second-order valence-electron chi connectivity index (χ2n) is 3.34. The highest BCUT2D eigenvalue weighted by Crippen LogP contribution is 2.39. The van der Waals surface area contributed by atoms with Crippen molar-refractivity contribution in [3.05, 3.63) is 20.9 Å². The molecule has 1 heterocycles. The topological polar surface area (TPSA) is 63.3 Å². The molecule has 1 unspecified atom stereocenters. The van der Waals surface area contributed by atoms with Crippen molar-refractivity contribution in [3.8, 4) is 0 Å². The number of carbonyl (C=O) groups is 1. The van der Waals surface area contributed by atoms with Gasteiger partial charge in [0, 0.05) is 10.9 Å². The Morgan fingerprint density at radius 3 is 2.92 bits per heavy atom. The first-order valence-electron chi connectivity index (χ1n) is 4.22. The van der Waals surface area contributed by atoms with Crippen LogP contribution in [0, 0.1) is 6.92 Å². The van der Waals surface area contributed by atoms with Gasteiger partial charge < -0.3 is 10.8 Å². The van der Waals surface area contributed by atoms with Crippen LogP contribution in [0.2, 0.25) is 0 Å². The van der Waals surface area contributed by atoms with E-state index in [1.54, 1.807) is 0 Å². The lowest BCUT2D eigenvalue weighted by Crippen LogP contribution is -2.07. The van der Waals surface area contributed by atoms with Gasteiger partial charge in [0.2, 0.25) is 0 Å². The smallest absolute Gasteiger partial charge is 0.346 e. The zero-order valence-corrected chi connectivity index (χ0v) is 8.15. The molecule has 3 nitrogen and oxygen atoms in total. The highest BCUT2D eigenvalue weighted by Gasteiger charge is 2.27. The van der Waals surface area contributed by atoms with E-state index in [2.05, 4.69) is 0 Å². The minimum Gasteiger partial charge on any atom is -0.477 e. The van der Waals surface area contributed by atoms with E-state index >= 15 is 0 Å². The van der Waals surface area contributed by atoms with E-state index in [9.17, 15) is 4.79 Å². The fraction of sp³-hybridized carbons (Fsp3) is 0.444. The van der Waals surface area contributed by atoms with Crippen molar-refractivity contribution in [1.82, 2.24) is 0 Å². The van der Waals surface area contributed by atoms with E-state index < -0.39 is 5.97 Å². The Labute approximate surface area is 80.2 Å². The number of carboxylic acids is 1. The van der Waals surface area contributed by atoms with Gasteiger partial charge in [0.25, 0.3) is 0 Å². The van der Waals surface area contributed by atoms with E-state index in [-0.39, 0.29) is 6.04 Å². The van der Waals surface area contributed by atoms with Gasteiger partial charge in [0.05, 0.1) is 0 Å². The van der Waals surface area contributed by atoms with Gasteiger partial charge in [-0.05, 0) is 30.9 Å². The number of aromatic carboxylic acids is 1. The van der Waals surface area contributed by atoms with Gasteiger partial charge in [-0.3, -0.25) is 0 Å². The van der Waals surface area contributed by atoms with Crippen LogP contribution in [0.5, 0.6) is 0 Å². The maximum Gasteiger partial charge on any atom is 0.346 e. The molecule has 1 aromatic heterocycles. The Kier molecular flexibility index (Phi) is 1.89. The summed E-state index contributed by atoms with van der Waals surface area (Å²) in [7, 11) is 0. The highest BCUT2D eigenvalue weighted by molar-refractivity contribution is 7.14. The number of nitrogens with two attached hydrogens (primary N) is 1. The molecular formula is C9H11NO2S. The zero-order chi connectivity index (χ0) is 9.59. The first-order chi connectivity index (χ1) is 6.11. The van der Waals surface area contributed by atoms with Gasteiger partial charge in [0.1, 0.15) is 4.88 Å². The van der Waals surface area contributed by atoms with Crippen molar-refractivity contribution in [2.75, 3.05) is 0 Å². The SMILES string of the molecule is Cc1c(C(=O)O)sc2c1C(N)CC2. The predicted octanol–water partition coefficient (Wildman–Crippen LogP) is 1.70. The molecule has 0 saturated carbocycles. The number of fused-ring (bicyclic) bond motifs is 1. The standard InChI is InChI=1S/C9H11NO2S/c1-4-7-5(10)2-3-6(7)13-8(4)9(11)12/h5H,2-3,10H2,1H3,(H,11,12). The van der Waals surface area contributed by atoms with Crippen LogP contribution in [0.4, 0.5) is 0 Å². The summed E-state index contributed by atoms with van der Waals surface area (Å²) in [5.41, 5.74) is 7.83. The lowest BCUT2D eigenvalue weighted by Gasteiger charge is -2.03. The van der Waals surface area contributed by atoms with Crippen LogP contribution in [0.15, 0.2) is 0 Å². The number of carboxylic acid groups (broad SMARTS) is 1. The fourth-order valence-corrected chi connectivity index (χ4v) is 3.12. The average molecular weight is 197 g/mol. The average Bonchev–Trinajstić information content (AvgIpc) is 2.55. The van der Waals surface area contributed by atoms with E-state index in [0.717, 1.165) is 24.0 Å². The third-order valence-corrected chi connectivity index (χ3v) is 3.87. The summed E-state index contributed by atoms with van der Waals surface area (Å²) in [6.45, 7) is 1.85.